The number of rotatable bonds is 5. The third-order valence-corrected chi connectivity index (χ3v) is 6.01. The van der Waals surface area contributed by atoms with E-state index >= 15 is 0 Å². The lowest BCUT2D eigenvalue weighted by Gasteiger charge is -2.07. The zero-order valence-corrected chi connectivity index (χ0v) is 17.2. The first-order chi connectivity index (χ1) is 13.6. The van der Waals surface area contributed by atoms with Crippen molar-refractivity contribution in [3.63, 3.8) is 0 Å². The molecule has 4 nitrogen and oxygen atoms in total. The van der Waals surface area contributed by atoms with Gasteiger partial charge < -0.3 is 0 Å². The minimum absolute atomic E-state index is 0.757. The molecule has 0 unspecified atom stereocenters. The molecule has 0 saturated carbocycles. The van der Waals surface area contributed by atoms with Crippen molar-refractivity contribution in [1.82, 2.24) is 19.7 Å². The molecule has 0 atom stereocenters. The average Bonchev–Trinajstić information content (AvgIpc) is 3.02. The smallest absolute Gasteiger partial charge is 0.154 e. The lowest BCUT2D eigenvalue weighted by Crippen LogP contribution is -2.03. The Kier molecular flexibility index (Phi) is 5.46. The van der Waals surface area contributed by atoms with Gasteiger partial charge in [-0.1, -0.05) is 35.9 Å². The molecule has 0 aliphatic heterocycles. The van der Waals surface area contributed by atoms with Crippen molar-refractivity contribution in [3.05, 3.63) is 88.8 Å². The first-order valence-corrected chi connectivity index (χ1v) is 10.3. The number of hydrogen-bond acceptors (Lipinski definition) is 4. The molecule has 3 heterocycles. The van der Waals surface area contributed by atoms with Crippen molar-refractivity contribution in [2.75, 3.05) is 0 Å². The fraction of sp³-hybridized carbons (Fsp3) is 0.136. The van der Waals surface area contributed by atoms with Gasteiger partial charge in [-0.3, -0.25) is 4.98 Å². The van der Waals surface area contributed by atoms with E-state index in [1.165, 1.54) is 10.5 Å². The first-order valence-electron chi connectivity index (χ1n) is 8.94. The van der Waals surface area contributed by atoms with Gasteiger partial charge in [-0.15, -0.1) is 11.8 Å². The lowest BCUT2D eigenvalue weighted by molar-refractivity contribution is 0.805. The Morgan fingerprint density at radius 1 is 0.929 bits per heavy atom. The van der Waals surface area contributed by atoms with E-state index in [1.807, 2.05) is 60.1 Å². The van der Waals surface area contributed by atoms with Gasteiger partial charge in [-0.2, -0.15) is 5.10 Å². The van der Waals surface area contributed by atoms with Crippen LogP contribution >= 0.6 is 23.4 Å². The third-order valence-electron chi connectivity index (χ3n) is 4.40. The molecule has 0 spiro atoms. The topological polar surface area (TPSA) is 43.6 Å². The van der Waals surface area contributed by atoms with Crippen molar-refractivity contribution < 1.29 is 0 Å². The summed E-state index contributed by atoms with van der Waals surface area (Å²) < 4.78 is 1.91. The number of benzene rings is 1. The molecule has 0 radical (unpaired) electrons. The minimum Gasteiger partial charge on any atom is -0.255 e. The van der Waals surface area contributed by atoms with E-state index in [0.717, 1.165) is 39.4 Å². The first kappa shape index (κ1) is 18.7. The standard InChI is InChI=1S/C22H19ClN4S/c1-15-22(28-14-17-9-11-18(23)12-10-17)16(2)27(26-15)21-8-5-7-20(25-21)19-6-3-4-13-24-19/h3-13H,14H2,1-2H3. The summed E-state index contributed by atoms with van der Waals surface area (Å²) in [6.45, 7) is 4.12. The predicted octanol–water partition coefficient (Wildman–Crippen LogP) is 5.89. The van der Waals surface area contributed by atoms with E-state index in [4.69, 9.17) is 21.7 Å². The van der Waals surface area contributed by atoms with Crippen LogP contribution in [0.4, 0.5) is 0 Å². The van der Waals surface area contributed by atoms with E-state index in [-0.39, 0.29) is 0 Å². The van der Waals surface area contributed by atoms with Gasteiger partial charge in [0.25, 0.3) is 0 Å². The highest BCUT2D eigenvalue weighted by Crippen LogP contribution is 2.30. The van der Waals surface area contributed by atoms with Gasteiger partial charge in [0.1, 0.15) is 0 Å². The van der Waals surface area contributed by atoms with Crippen molar-refractivity contribution >= 4 is 23.4 Å². The van der Waals surface area contributed by atoms with Crippen molar-refractivity contribution in [1.29, 1.82) is 0 Å². The quantitative estimate of drug-likeness (QED) is 0.387. The van der Waals surface area contributed by atoms with Gasteiger partial charge in [0, 0.05) is 17.0 Å². The number of aromatic nitrogens is 4. The fourth-order valence-electron chi connectivity index (χ4n) is 2.99. The van der Waals surface area contributed by atoms with E-state index in [2.05, 4.69) is 24.0 Å². The molecule has 0 amide bonds. The van der Waals surface area contributed by atoms with Crippen LogP contribution in [0.1, 0.15) is 17.0 Å². The molecule has 4 aromatic rings. The molecule has 0 aliphatic rings. The van der Waals surface area contributed by atoms with E-state index < -0.39 is 0 Å². The Morgan fingerprint density at radius 2 is 1.71 bits per heavy atom. The largest absolute Gasteiger partial charge is 0.255 e. The monoisotopic (exact) mass is 406 g/mol. The van der Waals surface area contributed by atoms with Crippen LogP contribution in [0.15, 0.2) is 71.8 Å². The molecule has 3 aromatic heterocycles. The SMILES string of the molecule is Cc1nn(-c2cccc(-c3ccccn3)n2)c(C)c1SCc1ccc(Cl)cc1. The highest BCUT2D eigenvalue weighted by atomic mass is 35.5. The second kappa shape index (κ2) is 8.17. The molecule has 4 rings (SSSR count). The maximum atomic E-state index is 5.98. The lowest BCUT2D eigenvalue weighted by atomic mass is 10.2. The summed E-state index contributed by atoms with van der Waals surface area (Å²) in [5.41, 5.74) is 5.00. The van der Waals surface area contributed by atoms with E-state index in [0.29, 0.717) is 0 Å². The van der Waals surface area contributed by atoms with Crippen LogP contribution in [0.25, 0.3) is 17.2 Å². The van der Waals surface area contributed by atoms with Crippen LogP contribution in [0.5, 0.6) is 0 Å². The molecule has 0 saturated heterocycles. The molecule has 28 heavy (non-hydrogen) atoms. The summed E-state index contributed by atoms with van der Waals surface area (Å²) >= 11 is 7.76. The molecule has 0 bridgehead atoms. The molecular weight excluding hydrogens is 388 g/mol. The van der Waals surface area contributed by atoms with Crippen LogP contribution in [-0.4, -0.2) is 19.7 Å². The summed E-state index contributed by atoms with van der Waals surface area (Å²) in [6.07, 6.45) is 1.78. The summed E-state index contributed by atoms with van der Waals surface area (Å²) in [6, 6.07) is 19.7. The van der Waals surface area contributed by atoms with Crippen LogP contribution in [0.2, 0.25) is 5.02 Å². The average molecular weight is 407 g/mol. The number of aryl methyl sites for hydroxylation is 1. The maximum absolute atomic E-state index is 5.98. The molecule has 140 valence electrons. The summed E-state index contributed by atoms with van der Waals surface area (Å²) in [5.74, 6) is 1.66. The molecule has 6 heteroatoms. The number of nitrogens with zero attached hydrogens (tertiary/aromatic N) is 4. The minimum atomic E-state index is 0.757. The maximum Gasteiger partial charge on any atom is 0.154 e. The molecule has 0 aliphatic carbocycles. The highest BCUT2D eigenvalue weighted by molar-refractivity contribution is 7.98. The van der Waals surface area contributed by atoms with Gasteiger partial charge in [0.2, 0.25) is 0 Å². The zero-order chi connectivity index (χ0) is 19.5. The summed E-state index contributed by atoms with van der Waals surface area (Å²) in [7, 11) is 0. The second-order valence-corrected chi connectivity index (χ2v) is 7.84. The highest BCUT2D eigenvalue weighted by Gasteiger charge is 2.15. The van der Waals surface area contributed by atoms with Crippen LogP contribution in [-0.2, 0) is 5.75 Å². The molecule has 1 aromatic carbocycles. The number of thioether (sulfide) groups is 1. The van der Waals surface area contributed by atoms with Crippen molar-refractivity contribution in [3.8, 4) is 17.2 Å². The Hall–Kier alpha value is -2.63. The van der Waals surface area contributed by atoms with E-state index in [9.17, 15) is 0 Å². The molecule has 0 N–H and O–H groups in total. The summed E-state index contributed by atoms with van der Waals surface area (Å²) in [4.78, 5) is 10.3. The van der Waals surface area contributed by atoms with Gasteiger partial charge >= 0.3 is 0 Å². The predicted molar refractivity (Wildman–Crippen MR) is 115 cm³/mol. The van der Waals surface area contributed by atoms with E-state index in [1.54, 1.807) is 18.0 Å². The molecular formula is C22H19ClN4S. The van der Waals surface area contributed by atoms with Crippen LogP contribution in [0, 0.1) is 13.8 Å². The van der Waals surface area contributed by atoms with Gasteiger partial charge in [-0.05, 0) is 55.8 Å². The van der Waals surface area contributed by atoms with Gasteiger partial charge in [-0.25, -0.2) is 9.67 Å². The second-order valence-electron chi connectivity index (χ2n) is 6.42. The number of pyridine rings is 2. The Labute approximate surface area is 173 Å². The van der Waals surface area contributed by atoms with Crippen molar-refractivity contribution in [2.45, 2.75) is 24.5 Å². The van der Waals surface area contributed by atoms with Crippen LogP contribution in [0.3, 0.4) is 0 Å². The zero-order valence-electron chi connectivity index (χ0n) is 15.6. The normalized spacial score (nSPS) is 11.0. The van der Waals surface area contributed by atoms with Crippen molar-refractivity contribution in [2.24, 2.45) is 0 Å². The Morgan fingerprint density at radius 3 is 2.46 bits per heavy atom. The third kappa shape index (κ3) is 3.96. The Balaban J connectivity index is 1.61. The van der Waals surface area contributed by atoms with Gasteiger partial charge in [0.15, 0.2) is 5.82 Å². The molecule has 0 fully saturated rings. The van der Waals surface area contributed by atoms with Crippen LogP contribution < -0.4 is 0 Å². The number of halogens is 1. The summed E-state index contributed by atoms with van der Waals surface area (Å²) in [5, 5.41) is 5.49. The van der Waals surface area contributed by atoms with Gasteiger partial charge in [0.05, 0.1) is 27.7 Å². The Bertz CT molecular complexity index is 1090. The fourth-order valence-corrected chi connectivity index (χ4v) is 4.17. The number of hydrogen-bond donors (Lipinski definition) is 0.